The second-order valence-corrected chi connectivity index (χ2v) is 7.39. The number of aromatic nitrogens is 5. The molecule has 0 aliphatic rings. The Morgan fingerprint density at radius 2 is 2.06 bits per heavy atom. The Balaban J connectivity index is 1.33. The second kappa shape index (κ2) is 10.5. The fraction of sp³-hybridized carbons (Fsp3) is 0.217. The van der Waals surface area contributed by atoms with Gasteiger partial charge in [0.1, 0.15) is 11.5 Å². The van der Waals surface area contributed by atoms with Crippen molar-refractivity contribution >= 4 is 5.91 Å². The molecule has 0 fully saturated rings. The number of hydrogen-bond acceptors (Lipinski definition) is 6. The van der Waals surface area contributed by atoms with Crippen LogP contribution in [0.5, 0.6) is 0 Å². The molecule has 4 rings (SSSR count). The molecule has 0 bridgehead atoms. The van der Waals surface area contributed by atoms with Crippen molar-refractivity contribution in [3.05, 3.63) is 89.8 Å². The first kappa shape index (κ1) is 22.2. The van der Waals surface area contributed by atoms with Gasteiger partial charge < -0.3 is 16.5 Å². The topological polar surface area (TPSA) is 116 Å². The summed E-state index contributed by atoms with van der Waals surface area (Å²) in [7, 11) is 0. The van der Waals surface area contributed by atoms with Gasteiger partial charge in [-0.2, -0.15) is 15.0 Å². The van der Waals surface area contributed by atoms with Crippen molar-refractivity contribution in [3.63, 3.8) is 0 Å². The van der Waals surface area contributed by atoms with Gasteiger partial charge in [-0.1, -0.05) is 12.1 Å². The number of nitrogens with two attached hydrogens (primary N) is 1. The zero-order valence-corrected chi connectivity index (χ0v) is 18.0. The summed E-state index contributed by atoms with van der Waals surface area (Å²) >= 11 is 0. The van der Waals surface area contributed by atoms with E-state index in [0.29, 0.717) is 43.9 Å². The van der Waals surface area contributed by atoms with Crippen LogP contribution >= 0.6 is 0 Å². The van der Waals surface area contributed by atoms with Gasteiger partial charge in [-0.05, 0) is 48.4 Å². The van der Waals surface area contributed by atoms with Crippen LogP contribution in [0.1, 0.15) is 21.6 Å². The van der Waals surface area contributed by atoms with E-state index in [1.807, 2.05) is 24.4 Å². The van der Waals surface area contributed by atoms with Gasteiger partial charge in [0.25, 0.3) is 5.91 Å². The smallest absolute Gasteiger partial charge is 0.253 e. The molecule has 0 atom stereocenters. The summed E-state index contributed by atoms with van der Waals surface area (Å²) in [5.74, 6) is -0.481. The van der Waals surface area contributed by atoms with E-state index in [0.717, 1.165) is 17.0 Å². The molecule has 0 aliphatic carbocycles. The van der Waals surface area contributed by atoms with Crippen molar-refractivity contribution in [2.24, 2.45) is 5.73 Å². The maximum absolute atomic E-state index is 13.3. The molecule has 170 valence electrons. The molecule has 0 spiro atoms. The van der Waals surface area contributed by atoms with Crippen LogP contribution < -0.4 is 16.5 Å². The highest BCUT2D eigenvalue weighted by Gasteiger charge is 2.11. The van der Waals surface area contributed by atoms with Crippen LogP contribution in [0, 0.1) is 5.82 Å². The van der Waals surface area contributed by atoms with Crippen molar-refractivity contribution in [2.45, 2.75) is 19.5 Å². The van der Waals surface area contributed by atoms with E-state index in [-0.39, 0.29) is 11.7 Å². The molecule has 0 aliphatic heterocycles. The molecule has 0 saturated heterocycles. The van der Waals surface area contributed by atoms with Crippen LogP contribution in [0.15, 0.2) is 67.1 Å². The minimum Gasteiger partial charge on any atom is -0.346 e. The summed E-state index contributed by atoms with van der Waals surface area (Å²) in [5.41, 5.74) is 12.2. The molecule has 0 unspecified atom stereocenters. The highest BCUT2D eigenvalue weighted by atomic mass is 19.1. The van der Waals surface area contributed by atoms with Crippen LogP contribution in [0.4, 0.5) is 4.39 Å². The number of carbonyl (C=O) groups excluding carboxylic acids is 1. The minimum atomic E-state index is -0.248. The molecule has 0 radical (unpaired) electrons. The average molecular weight is 449 g/mol. The first-order valence-corrected chi connectivity index (χ1v) is 10.6. The Labute approximate surface area is 190 Å². The Morgan fingerprint density at radius 1 is 1.15 bits per heavy atom. The van der Waals surface area contributed by atoms with Crippen molar-refractivity contribution in [3.8, 4) is 11.4 Å². The molecule has 4 N–H and O–H groups in total. The molecule has 0 saturated carbocycles. The fourth-order valence-corrected chi connectivity index (χ4v) is 3.33. The lowest BCUT2D eigenvalue weighted by Gasteiger charge is -2.10. The number of carbonyl (C=O) groups is 1. The average Bonchev–Trinajstić information content (AvgIpc) is 3.47. The highest BCUT2D eigenvalue weighted by molar-refractivity contribution is 5.94. The van der Waals surface area contributed by atoms with Gasteiger partial charge in [0.05, 0.1) is 36.2 Å². The Morgan fingerprint density at radius 3 is 2.85 bits per heavy atom. The third kappa shape index (κ3) is 5.80. The van der Waals surface area contributed by atoms with Gasteiger partial charge in [0, 0.05) is 25.5 Å². The number of nitrogens with one attached hydrogen (secondary N) is 2. The fourth-order valence-electron chi connectivity index (χ4n) is 3.33. The van der Waals surface area contributed by atoms with Crippen molar-refractivity contribution in [1.82, 2.24) is 30.0 Å². The van der Waals surface area contributed by atoms with Gasteiger partial charge in [0.15, 0.2) is 0 Å². The van der Waals surface area contributed by atoms with Gasteiger partial charge >= 0.3 is 0 Å². The lowest BCUT2D eigenvalue weighted by atomic mass is 10.1. The van der Waals surface area contributed by atoms with Gasteiger partial charge in [-0.15, -0.1) is 0 Å². The Bertz CT molecular complexity index is 1200. The molecule has 9 nitrogen and oxygen atoms in total. The van der Waals surface area contributed by atoms with E-state index in [1.165, 1.54) is 18.3 Å². The van der Waals surface area contributed by atoms with E-state index in [9.17, 15) is 9.18 Å². The first-order valence-electron chi connectivity index (χ1n) is 10.6. The molecule has 33 heavy (non-hydrogen) atoms. The summed E-state index contributed by atoms with van der Waals surface area (Å²) in [5, 5.41) is 11.5. The van der Waals surface area contributed by atoms with Crippen LogP contribution in [0.25, 0.3) is 11.4 Å². The quantitative estimate of drug-likeness (QED) is 0.342. The number of halogens is 1. The van der Waals surface area contributed by atoms with Crippen LogP contribution in [0.2, 0.25) is 0 Å². The molecule has 10 heteroatoms. The number of benzene rings is 1. The number of pyridine rings is 1. The van der Waals surface area contributed by atoms with Crippen molar-refractivity contribution in [2.75, 3.05) is 18.5 Å². The van der Waals surface area contributed by atoms with E-state index in [2.05, 4.69) is 25.9 Å². The van der Waals surface area contributed by atoms with Crippen LogP contribution in [-0.2, 0) is 19.5 Å². The standard InChI is InChI=1S/C23H25FN8O/c24-19-3-1-2-17(14-19)6-10-28-32-22(7-11-29-32)21-5-4-18(15-26-21)23(33)27-16-20-8-12-31(30-20)13-9-25/h1-5,7-8,11-12,14-15,28H,6,9-10,13,16,25H2,(H,27,33). The third-order valence-corrected chi connectivity index (χ3v) is 4.98. The predicted octanol–water partition coefficient (Wildman–Crippen LogP) is 1.96. The number of amides is 1. The molecule has 1 aromatic carbocycles. The normalized spacial score (nSPS) is 10.8. The summed E-state index contributed by atoms with van der Waals surface area (Å²) in [6.07, 6.45) is 5.67. The maximum atomic E-state index is 13.3. The predicted molar refractivity (Wildman–Crippen MR) is 122 cm³/mol. The first-order chi connectivity index (χ1) is 16.1. The van der Waals surface area contributed by atoms with E-state index in [1.54, 1.807) is 33.9 Å². The third-order valence-electron chi connectivity index (χ3n) is 4.98. The zero-order chi connectivity index (χ0) is 23.0. The van der Waals surface area contributed by atoms with Crippen LogP contribution in [-0.4, -0.2) is 43.7 Å². The van der Waals surface area contributed by atoms with Crippen LogP contribution in [0.3, 0.4) is 0 Å². The van der Waals surface area contributed by atoms with Gasteiger partial charge in [-0.25, -0.2) is 4.39 Å². The largest absolute Gasteiger partial charge is 0.346 e. The van der Waals surface area contributed by atoms with E-state index >= 15 is 0 Å². The lowest BCUT2D eigenvalue weighted by Crippen LogP contribution is -2.23. The highest BCUT2D eigenvalue weighted by Crippen LogP contribution is 2.16. The van der Waals surface area contributed by atoms with Crippen molar-refractivity contribution < 1.29 is 9.18 Å². The zero-order valence-electron chi connectivity index (χ0n) is 18.0. The van der Waals surface area contributed by atoms with Gasteiger partial charge in [-0.3, -0.25) is 14.5 Å². The van der Waals surface area contributed by atoms with E-state index < -0.39 is 0 Å². The summed E-state index contributed by atoms with van der Waals surface area (Å²) in [4.78, 5) is 18.5. The van der Waals surface area contributed by atoms with Gasteiger partial charge in [0.2, 0.25) is 0 Å². The maximum Gasteiger partial charge on any atom is 0.253 e. The Kier molecular flexibility index (Phi) is 7.06. The molecule has 1 amide bonds. The van der Waals surface area contributed by atoms with E-state index in [4.69, 9.17) is 5.73 Å². The number of hydrogen-bond donors (Lipinski definition) is 3. The molecular weight excluding hydrogens is 423 g/mol. The molecular formula is C23H25FN8O. The van der Waals surface area contributed by atoms with Crippen molar-refractivity contribution in [1.29, 1.82) is 0 Å². The second-order valence-electron chi connectivity index (χ2n) is 7.39. The number of rotatable bonds is 10. The molecule has 3 heterocycles. The Hall–Kier alpha value is -4.05. The SMILES string of the molecule is NCCn1ccc(CNC(=O)c2ccc(-c3ccnn3NCCc3cccc(F)c3)nc2)n1. The summed E-state index contributed by atoms with van der Waals surface area (Å²) in [6.45, 7) is 2.03. The monoisotopic (exact) mass is 448 g/mol. The lowest BCUT2D eigenvalue weighted by molar-refractivity contribution is 0.0950. The summed E-state index contributed by atoms with van der Waals surface area (Å²) < 4.78 is 15.1. The molecule has 3 aromatic heterocycles. The minimum absolute atomic E-state index is 0.232. The molecule has 4 aromatic rings. The number of nitrogens with zero attached hydrogens (tertiary/aromatic N) is 5. The summed E-state index contributed by atoms with van der Waals surface area (Å²) in [6, 6.07) is 13.7.